The van der Waals surface area contributed by atoms with Gasteiger partial charge in [0.1, 0.15) is 0 Å². The third kappa shape index (κ3) is 6.72. The zero-order chi connectivity index (χ0) is 10.9. The van der Waals surface area contributed by atoms with Crippen LogP contribution in [0.3, 0.4) is 0 Å². The topological polar surface area (TPSA) is 49.3 Å². The molecule has 2 N–H and O–H groups in total. The number of aliphatic hydroxyl groups excluding tert-OH is 1. The monoisotopic (exact) mass is 189 g/mol. The van der Waals surface area contributed by atoms with E-state index in [4.69, 9.17) is 5.11 Å². The van der Waals surface area contributed by atoms with Gasteiger partial charge < -0.3 is 10.4 Å². The molecule has 0 fully saturated rings. The van der Waals surface area contributed by atoms with Gasteiger partial charge >= 0.3 is 0 Å². The van der Waals surface area contributed by atoms with Gasteiger partial charge in [0, 0.05) is 5.92 Å². The molecule has 0 amide bonds. The van der Waals surface area contributed by atoms with Crippen LogP contribution in [0, 0.1) is 5.92 Å². The summed E-state index contributed by atoms with van der Waals surface area (Å²) in [6.07, 6.45) is 0. The summed E-state index contributed by atoms with van der Waals surface area (Å²) in [6.45, 7) is 10.2. The number of ketones is 1. The van der Waals surface area contributed by atoms with Gasteiger partial charge in [-0.25, -0.2) is 0 Å². The average Bonchev–Trinajstić information content (AvgIpc) is 2.16. The average molecular weight is 189 g/mol. The van der Waals surface area contributed by atoms with Crippen molar-refractivity contribution in [2.45, 2.75) is 40.7 Å². The van der Waals surface area contributed by atoms with Gasteiger partial charge in [0.15, 0.2) is 5.78 Å². The summed E-state index contributed by atoms with van der Waals surface area (Å²) in [5.41, 5.74) is 0. The van der Waals surface area contributed by atoms with E-state index in [0.29, 0.717) is 6.54 Å². The van der Waals surface area contributed by atoms with Crippen molar-refractivity contribution in [3.05, 3.63) is 0 Å². The first-order valence-corrected chi connectivity index (χ1v) is 5.01. The van der Waals surface area contributed by atoms with Crippen LogP contribution in [-0.2, 0) is 4.79 Å². The van der Waals surface area contributed by atoms with Crippen LogP contribution >= 0.6 is 0 Å². The standard InChI is InChI=1S/C8H17NO2.C2H6/c1-4-9-7(5-10)8(11)6(2)3;1-2/h6-7,9-10H,4-5H2,1-3H3;1-2H3. The zero-order valence-electron chi connectivity index (χ0n) is 9.42. The minimum atomic E-state index is -0.375. The molecule has 80 valence electrons. The molecule has 13 heavy (non-hydrogen) atoms. The summed E-state index contributed by atoms with van der Waals surface area (Å²) >= 11 is 0. The minimum absolute atomic E-state index is 0.00815. The number of nitrogens with one attached hydrogen (secondary N) is 1. The number of aliphatic hydroxyl groups is 1. The molecule has 0 bridgehead atoms. The molecule has 3 heteroatoms. The van der Waals surface area contributed by atoms with E-state index in [-0.39, 0.29) is 24.3 Å². The summed E-state index contributed by atoms with van der Waals surface area (Å²) in [4.78, 5) is 11.2. The van der Waals surface area contributed by atoms with Gasteiger partial charge in [-0.1, -0.05) is 34.6 Å². The van der Waals surface area contributed by atoms with E-state index >= 15 is 0 Å². The molecule has 0 heterocycles. The molecular weight excluding hydrogens is 166 g/mol. The lowest BCUT2D eigenvalue weighted by Crippen LogP contribution is -2.41. The maximum Gasteiger partial charge on any atom is 0.154 e. The summed E-state index contributed by atoms with van der Waals surface area (Å²) < 4.78 is 0. The third-order valence-corrected chi connectivity index (χ3v) is 1.55. The van der Waals surface area contributed by atoms with Crippen molar-refractivity contribution in [2.75, 3.05) is 13.2 Å². The quantitative estimate of drug-likeness (QED) is 0.683. The van der Waals surface area contributed by atoms with E-state index in [9.17, 15) is 4.79 Å². The fourth-order valence-electron chi connectivity index (χ4n) is 0.904. The second-order valence-electron chi connectivity index (χ2n) is 2.85. The maximum absolute atomic E-state index is 11.2. The Balaban J connectivity index is 0. The summed E-state index contributed by atoms with van der Waals surface area (Å²) in [5.74, 6) is 0.0700. The molecule has 1 atom stereocenters. The van der Waals surface area contributed by atoms with Crippen molar-refractivity contribution >= 4 is 5.78 Å². The zero-order valence-corrected chi connectivity index (χ0v) is 9.42. The van der Waals surface area contributed by atoms with Crippen LogP contribution in [0.15, 0.2) is 0 Å². The van der Waals surface area contributed by atoms with E-state index in [1.54, 1.807) is 0 Å². The van der Waals surface area contributed by atoms with Gasteiger partial charge in [0.25, 0.3) is 0 Å². The van der Waals surface area contributed by atoms with Crippen molar-refractivity contribution in [2.24, 2.45) is 5.92 Å². The lowest BCUT2D eigenvalue weighted by molar-refractivity contribution is -0.124. The first-order valence-electron chi connectivity index (χ1n) is 5.01. The van der Waals surface area contributed by atoms with Crippen molar-refractivity contribution in [3.8, 4) is 0 Å². The number of hydrogen-bond acceptors (Lipinski definition) is 3. The van der Waals surface area contributed by atoms with E-state index in [2.05, 4.69) is 5.32 Å². The van der Waals surface area contributed by atoms with Crippen molar-refractivity contribution in [1.29, 1.82) is 0 Å². The number of hydrogen-bond donors (Lipinski definition) is 2. The second kappa shape index (κ2) is 9.68. The molecule has 0 aromatic rings. The summed E-state index contributed by atoms with van der Waals surface area (Å²) in [6, 6.07) is -0.375. The molecule has 0 rings (SSSR count). The first kappa shape index (κ1) is 15.1. The molecule has 3 nitrogen and oxygen atoms in total. The largest absolute Gasteiger partial charge is 0.394 e. The Morgan fingerprint density at radius 1 is 1.38 bits per heavy atom. The van der Waals surface area contributed by atoms with Gasteiger partial charge in [-0.15, -0.1) is 0 Å². The Hall–Kier alpha value is -0.410. The minimum Gasteiger partial charge on any atom is -0.394 e. The molecule has 0 radical (unpaired) electrons. The van der Waals surface area contributed by atoms with E-state index in [1.165, 1.54) is 0 Å². The highest BCUT2D eigenvalue weighted by molar-refractivity contribution is 5.85. The Morgan fingerprint density at radius 3 is 2.08 bits per heavy atom. The van der Waals surface area contributed by atoms with Crippen LogP contribution in [-0.4, -0.2) is 30.1 Å². The Kier molecular flexibility index (Phi) is 11.2. The van der Waals surface area contributed by atoms with Crippen LogP contribution in [0.1, 0.15) is 34.6 Å². The van der Waals surface area contributed by atoms with Gasteiger partial charge in [0.05, 0.1) is 12.6 Å². The fraction of sp³-hybridized carbons (Fsp3) is 0.900. The van der Waals surface area contributed by atoms with Crippen LogP contribution in [0.5, 0.6) is 0 Å². The molecule has 0 aliphatic carbocycles. The Bertz CT molecular complexity index is 124. The molecule has 0 aromatic heterocycles. The molecule has 0 saturated carbocycles. The molecule has 0 aliphatic rings. The van der Waals surface area contributed by atoms with Crippen LogP contribution in [0.2, 0.25) is 0 Å². The Morgan fingerprint density at radius 2 is 1.85 bits per heavy atom. The number of Topliss-reactive ketones (excluding diaryl/α,β-unsaturated/α-hetero) is 1. The van der Waals surface area contributed by atoms with Crippen LogP contribution in [0.25, 0.3) is 0 Å². The summed E-state index contributed by atoms with van der Waals surface area (Å²) in [7, 11) is 0. The van der Waals surface area contributed by atoms with Crippen molar-refractivity contribution in [1.82, 2.24) is 5.32 Å². The number of likely N-dealkylation sites (N-methyl/N-ethyl adjacent to an activating group) is 1. The highest BCUT2D eigenvalue weighted by Crippen LogP contribution is 1.98. The molecular formula is C10H23NO2. The lowest BCUT2D eigenvalue weighted by atomic mass is 10.0. The fourth-order valence-corrected chi connectivity index (χ4v) is 0.904. The maximum atomic E-state index is 11.2. The highest BCUT2D eigenvalue weighted by Gasteiger charge is 2.18. The van der Waals surface area contributed by atoms with E-state index < -0.39 is 0 Å². The van der Waals surface area contributed by atoms with Gasteiger partial charge in [-0.05, 0) is 6.54 Å². The molecule has 1 unspecified atom stereocenters. The second-order valence-corrected chi connectivity index (χ2v) is 2.85. The SMILES string of the molecule is CC.CCNC(CO)C(=O)C(C)C. The van der Waals surface area contributed by atoms with Crippen molar-refractivity contribution in [3.63, 3.8) is 0 Å². The molecule has 0 aliphatic heterocycles. The van der Waals surface area contributed by atoms with Gasteiger partial charge in [0.2, 0.25) is 0 Å². The molecule has 0 spiro atoms. The number of rotatable bonds is 5. The normalized spacial score (nSPS) is 11.9. The van der Waals surface area contributed by atoms with Gasteiger partial charge in [-0.3, -0.25) is 4.79 Å². The third-order valence-electron chi connectivity index (χ3n) is 1.55. The van der Waals surface area contributed by atoms with Crippen LogP contribution in [0.4, 0.5) is 0 Å². The van der Waals surface area contributed by atoms with Crippen LogP contribution < -0.4 is 5.32 Å². The number of carbonyl (C=O) groups is 1. The number of carbonyl (C=O) groups excluding carboxylic acids is 1. The predicted molar refractivity (Wildman–Crippen MR) is 55.7 cm³/mol. The van der Waals surface area contributed by atoms with Gasteiger partial charge in [-0.2, -0.15) is 0 Å². The first-order chi connectivity index (χ1) is 6.13. The van der Waals surface area contributed by atoms with E-state index in [0.717, 1.165) is 0 Å². The molecule has 0 aromatic carbocycles. The lowest BCUT2D eigenvalue weighted by Gasteiger charge is -2.15. The highest BCUT2D eigenvalue weighted by atomic mass is 16.3. The Labute approximate surface area is 81.5 Å². The smallest absolute Gasteiger partial charge is 0.154 e. The summed E-state index contributed by atoms with van der Waals surface area (Å²) in [5, 5.41) is 11.7. The van der Waals surface area contributed by atoms with Crippen molar-refractivity contribution < 1.29 is 9.90 Å². The molecule has 0 saturated heterocycles. The van der Waals surface area contributed by atoms with E-state index in [1.807, 2.05) is 34.6 Å². The predicted octanol–water partition coefficient (Wildman–Crippen LogP) is 1.21.